The molecule has 1 aromatic rings. The molecule has 11 heteroatoms. The Morgan fingerprint density at radius 1 is 1.12 bits per heavy atom. The molecule has 0 radical (unpaired) electrons. The summed E-state index contributed by atoms with van der Waals surface area (Å²) in [6, 6.07) is -1.22. The van der Waals surface area contributed by atoms with E-state index in [9.17, 15) is 19.2 Å². The van der Waals surface area contributed by atoms with E-state index in [-0.39, 0.29) is 12.8 Å². The zero-order chi connectivity index (χ0) is 19.5. The Labute approximate surface area is 149 Å². The van der Waals surface area contributed by atoms with Crippen LogP contribution in [0.2, 0.25) is 0 Å². The summed E-state index contributed by atoms with van der Waals surface area (Å²) in [6.45, 7) is 0.535. The monoisotopic (exact) mass is 369 g/mol. The van der Waals surface area contributed by atoms with E-state index in [1.54, 1.807) is 10.9 Å². The van der Waals surface area contributed by atoms with Crippen molar-refractivity contribution in [1.82, 2.24) is 20.3 Å². The number of hydrogen-bond acceptors (Lipinski definition) is 6. The van der Waals surface area contributed by atoms with Crippen LogP contribution in [-0.4, -0.2) is 55.0 Å². The fourth-order valence-corrected chi connectivity index (χ4v) is 2.21. The lowest BCUT2D eigenvalue weighted by Gasteiger charge is -2.13. The van der Waals surface area contributed by atoms with Crippen molar-refractivity contribution in [3.8, 4) is 0 Å². The average molecular weight is 369 g/mol. The second kappa shape index (κ2) is 10.8. The number of aryl methyl sites for hydroxylation is 2. The Morgan fingerprint density at radius 3 is 2.46 bits per heavy atom. The molecule has 0 aliphatic rings. The van der Waals surface area contributed by atoms with Crippen LogP contribution in [0.4, 0.5) is 0 Å². The summed E-state index contributed by atoms with van der Waals surface area (Å²) in [4.78, 5) is 43.9. The van der Waals surface area contributed by atoms with Gasteiger partial charge in [-0.25, -0.2) is 0 Å². The van der Waals surface area contributed by atoms with Crippen molar-refractivity contribution in [3.63, 3.8) is 0 Å². The number of carboxylic acid groups (broad SMARTS) is 2. The minimum atomic E-state index is -1.22. The molecule has 1 unspecified atom stereocenters. The number of rotatable bonds is 13. The van der Waals surface area contributed by atoms with E-state index in [1.165, 1.54) is 0 Å². The Kier molecular flexibility index (Phi) is 8.75. The lowest BCUT2D eigenvalue weighted by Crippen LogP contribution is -2.45. The van der Waals surface area contributed by atoms with Crippen LogP contribution in [-0.2, 0) is 32.1 Å². The van der Waals surface area contributed by atoms with Gasteiger partial charge in [0.05, 0.1) is 12.1 Å². The highest BCUT2D eigenvalue weighted by Crippen LogP contribution is 2.04. The normalized spacial score (nSPS) is 11.7. The van der Waals surface area contributed by atoms with Gasteiger partial charge < -0.3 is 21.3 Å². The number of unbranched alkanes of at least 4 members (excludes halogenated alkanes) is 1. The second-order valence-electron chi connectivity index (χ2n) is 5.80. The van der Waals surface area contributed by atoms with E-state index in [4.69, 9.17) is 15.9 Å². The number of nitrogens with one attached hydrogen (secondary N) is 1. The van der Waals surface area contributed by atoms with E-state index < -0.39 is 36.2 Å². The largest absolute Gasteiger partial charge is 0.481 e. The number of nitrogens with zero attached hydrogens (tertiary/aromatic N) is 3. The predicted molar refractivity (Wildman–Crippen MR) is 87.8 cm³/mol. The van der Waals surface area contributed by atoms with Crippen LogP contribution < -0.4 is 11.1 Å². The predicted octanol–water partition coefficient (Wildman–Crippen LogP) is -0.699. The fraction of sp³-hybridized carbons (Fsp3) is 0.600. The number of carbonyl (C=O) groups excluding carboxylic acids is 2. The molecule has 5 N–H and O–H groups in total. The zero-order valence-electron chi connectivity index (χ0n) is 14.3. The highest BCUT2D eigenvalue weighted by atomic mass is 16.4. The van der Waals surface area contributed by atoms with Crippen molar-refractivity contribution in [3.05, 3.63) is 11.9 Å². The number of carboxylic acids is 2. The van der Waals surface area contributed by atoms with Gasteiger partial charge in [0.25, 0.3) is 0 Å². The minimum Gasteiger partial charge on any atom is -0.481 e. The molecule has 1 heterocycles. The molecular weight excluding hydrogens is 346 g/mol. The molecule has 0 aliphatic heterocycles. The van der Waals surface area contributed by atoms with E-state index in [0.29, 0.717) is 37.9 Å². The van der Waals surface area contributed by atoms with Gasteiger partial charge in [-0.15, -0.1) is 5.10 Å². The van der Waals surface area contributed by atoms with E-state index in [2.05, 4.69) is 15.6 Å². The molecule has 0 saturated heterocycles. The van der Waals surface area contributed by atoms with Crippen molar-refractivity contribution in [2.24, 2.45) is 5.73 Å². The summed E-state index contributed by atoms with van der Waals surface area (Å²) in [6.07, 6.45) is 3.56. The molecule has 144 valence electrons. The van der Waals surface area contributed by atoms with Gasteiger partial charge >= 0.3 is 11.9 Å². The Morgan fingerprint density at radius 2 is 1.85 bits per heavy atom. The molecule has 11 nitrogen and oxygen atoms in total. The molecule has 0 fully saturated rings. The SMILES string of the molecule is NC(=O)C(CC(=O)O)NC(=O)CCCCn1cc(CCCC(=O)O)nn1. The van der Waals surface area contributed by atoms with E-state index >= 15 is 0 Å². The van der Waals surface area contributed by atoms with Crippen LogP contribution in [0.3, 0.4) is 0 Å². The first-order chi connectivity index (χ1) is 12.3. The molecule has 1 atom stereocenters. The maximum absolute atomic E-state index is 11.7. The maximum atomic E-state index is 11.7. The minimum absolute atomic E-state index is 0.0795. The highest BCUT2D eigenvalue weighted by molar-refractivity contribution is 5.89. The zero-order valence-corrected chi connectivity index (χ0v) is 14.3. The molecule has 0 aliphatic carbocycles. The van der Waals surface area contributed by atoms with Crippen LogP contribution in [0.1, 0.15) is 44.2 Å². The molecular formula is C15H23N5O6. The Hall–Kier alpha value is -2.98. The van der Waals surface area contributed by atoms with Crippen LogP contribution in [0.15, 0.2) is 6.20 Å². The molecule has 0 spiro atoms. The maximum Gasteiger partial charge on any atom is 0.305 e. The lowest BCUT2D eigenvalue weighted by molar-refractivity contribution is -0.140. The first kappa shape index (κ1) is 21.1. The number of carbonyl (C=O) groups is 4. The molecule has 2 amide bonds. The smallest absolute Gasteiger partial charge is 0.305 e. The summed E-state index contributed by atoms with van der Waals surface area (Å²) in [5, 5.41) is 27.4. The first-order valence-corrected chi connectivity index (χ1v) is 8.19. The average Bonchev–Trinajstić information content (AvgIpc) is 2.98. The van der Waals surface area contributed by atoms with Gasteiger partial charge in [0, 0.05) is 25.6 Å². The number of aromatic nitrogens is 3. The number of aliphatic carboxylic acids is 2. The topological polar surface area (TPSA) is 178 Å². The number of nitrogens with two attached hydrogens (primary N) is 1. The molecule has 1 aromatic heterocycles. The van der Waals surface area contributed by atoms with Gasteiger partial charge in [0.1, 0.15) is 6.04 Å². The number of hydrogen-bond donors (Lipinski definition) is 4. The van der Waals surface area contributed by atoms with Gasteiger partial charge in [-0.2, -0.15) is 0 Å². The Balaban J connectivity index is 2.26. The lowest BCUT2D eigenvalue weighted by atomic mass is 10.1. The van der Waals surface area contributed by atoms with Gasteiger partial charge in [-0.05, 0) is 25.7 Å². The third-order valence-electron chi connectivity index (χ3n) is 3.51. The van der Waals surface area contributed by atoms with Crippen LogP contribution in [0.5, 0.6) is 0 Å². The number of amides is 2. The molecule has 0 aromatic carbocycles. The third kappa shape index (κ3) is 8.76. The second-order valence-corrected chi connectivity index (χ2v) is 5.80. The van der Waals surface area contributed by atoms with E-state index in [1.807, 2.05) is 0 Å². The van der Waals surface area contributed by atoms with Crippen molar-refractivity contribution in [2.45, 2.75) is 57.5 Å². The van der Waals surface area contributed by atoms with E-state index in [0.717, 1.165) is 0 Å². The number of primary amides is 1. The van der Waals surface area contributed by atoms with Crippen molar-refractivity contribution < 1.29 is 29.4 Å². The molecule has 26 heavy (non-hydrogen) atoms. The van der Waals surface area contributed by atoms with Crippen LogP contribution >= 0.6 is 0 Å². The Bertz CT molecular complexity index is 644. The fourth-order valence-electron chi connectivity index (χ4n) is 2.21. The van der Waals surface area contributed by atoms with Crippen molar-refractivity contribution in [2.75, 3.05) is 0 Å². The van der Waals surface area contributed by atoms with Crippen molar-refractivity contribution >= 4 is 23.8 Å². The standard InChI is InChI=1S/C15H23N5O6/c16-15(26)11(8-14(24)25)17-12(21)5-1-2-7-20-9-10(18-19-20)4-3-6-13(22)23/h9,11H,1-8H2,(H2,16,26)(H,17,21)(H,22,23)(H,24,25). The van der Waals surface area contributed by atoms with Gasteiger partial charge in [0.2, 0.25) is 11.8 Å². The van der Waals surface area contributed by atoms with Gasteiger partial charge in [-0.1, -0.05) is 5.21 Å². The summed E-state index contributed by atoms with van der Waals surface area (Å²) in [5.74, 6) is -3.40. The molecule has 0 saturated carbocycles. The first-order valence-electron chi connectivity index (χ1n) is 8.19. The summed E-state index contributed by atoms with van der Waals surface area (Å²) in [5.41, 5.74) is 5.76. The highest BCUT2D eigenvalue weighted by Gasteiger charge is 2.20. The summed E-state index contributed by atoms with van der Waals surface area (Å²) >= 11 is 0. The van der Waals surface area contributed by atoms with Gasteiger partial charge in [0.15, 0.2) is 0 Å². The summed E-state index contributed by atoms with van der Waals surface area (Å²) in [7, 11) is 0. The van der Waals surface area contributed by atoms with Crippen LogP contribution in [0.25, 0.3) is 0 Å². The van der Waals surface area contributed by atoms with Crippen molar-refractivity contribution in [1.29, 1.82) is 0 Å². The quantitative estimate of drug-likeness (QED) is 0.330. The van der Waals surface area contributed by atoms with Crippen LogP contribution in [0, 0.1) is 0 Å². The summed E-state index contributed by atoms with van der Waals surface area (Å²) < 4.78 is 1.62. The molecule has 1 rings (SSSR count). The molecule has 0 bridgehead atoms. The third-order valence-corrected chi connectivity index (χ3v) is 3.51. The van der Waals surface area contributed by atoms with Gasteiger partial charge in [-0.3, -0.25) is 23.9 Å².